The van der Waals surface area contributed by atoms with E-state index in [0.717, 1.165) is 35.0 Å². The number of carbonyl (C=O) groups excluding carboxylic acids is 2. The van der Waals surface area contributed by atoms with Crippen LogP contribution in [0.4, 0.5) is 8.78 Å². The van der Waals surface area contributed by atoms with Crippen molar-refractivity contribution < 1.29 is 27.8 Å². The molecule has 6 nitrogen and oxygen atoms in total. The minimum absolute atomic E-state index is 0.0348. The summed E-state index contributed by atoms with van der Waals surface area (Å²) in [5.41, 5.74) is 1.22. The van der Waals surface area contributed by atoms with E-state index in [1.807, 2.05) is 30.3 Å². The molecule has 0 N–H and O–H groups in total. The number of carbonyl (C=O) groups is 2. The van der Waals surface area contributed by atoms with E-state index < -0.39 is 40.7 Å². The number of aromatic nitrogens is 2. The summed E-state index contributed by atoms with van der Waals surface area (Å²) in [4.78, 5) is 25.9. The molecule has 3 rings (SSSR count). The van der Waals surface area contributed by atoms with Crippen molar-refractivity contribution in [3.05, 3.63) is 83.2 Å². The van der Waals surface area contributed by atoms with Gasteiger partial charge >= 0.3 is 11.9 Å². The van der Waals surface area contributed by atoms with Crippen molar-refractivity contribution in [2.75, 3.05) is 0 Å². The van der Waals surface area contributed by atoms with E-state index in [0.29, 0.717) is 25.7 Å². The van der Waals surface area contributed by atoms with Gasteiger partial charge < -0.3 is 9.47 Å². The zero-order valence-corrected chi connectivity index (χ0v) is 27.7. The molecule has 0 bridgehead atoms. The second-order valence-corrected chi connectivity index (χ2v) is 14.6. The summed E-state index contributed by atoms with van der Waals surface area (Å²) in [6.07, 6.45) is 3.99. The number of benzene rings is 2. The van der Waals surface area contributed by atoms with Gasteiger partial charge in [-0.05, 0) is 89.0 Å². The third-order valence-corrected chi connectivity index (χ3v) is 7.23. The second kappa shape index (κ2) is 14.0. The lowest BCUT2D eigenvalue weighted by Gasteiger charge is -2.32. The van der Waals surface area contributed by atoms with Gasteiger partial charge in [0.15, 0.2) is 0 Å². The third-order valence-electron chi connectivity index (χ3n) is 7.23. The topological polar surface area (TPSA) is 70.4 Å². The summed E-state index contributed by atoms with van der Waals surface area (Å²) in [6, 6.07) is 13.2. The molecule has 0 spiro atoms. The highest BCUT2D eigenvalue weighted by Gasteiger charge is 2.33. The van der Waals surface area contributed by atoms with Crippen molar-refractivity contribution in [2.45, 2.75) is 112 Å². The van der Waals surface area contributed by atoms with Crippen LogP contribution >= 0.6 is 0 Å². The maximum Gasteiger partial charge on any atom is 0.310 e. The van der Waals surface area contributed by atoms with Crippen LogP contribution in [0.3, 0.4) is 0 Å². The molecule has 0 aliphatic rings. The molecule has 44 heavy (non-hydrogen) atoms. The fraction of sp³-hybridized carbons (Fsp3) is 0.528. The Hall–Kier alpha value is -3.55. The van der Waals surface area contributed by atoms with Crippen LogP contribution in [-0.4, -0.2) is 32.9 Å². The Morgan fingerprint density at radius 2 is 1.50 bits per heavy atom. The average molecular weight is 611 g/mol. The highest BCUT2D eigenvalue weighted by Crippen LogP contribution is 2.41. The minimum Gasteiger partial charge on any atom is -0.460 e. The summed E-state index contributed by atoms with van der Waals surface area (Å²) in [5.74, 6) is -2.67. The summed E-state index contributed by atoms with van der Waals surface area (Å²) in [6.45, 7) is 17.2. The summed E-state index contributed by atoms with van der Waals surface area (Å²) >= 11 is 0. The molecule has 0 saturated carbocycles. The Balaban J connectivity index is 1.94. The van der Waals surface area contributed by atoms with Crippen LogP contribution in [0.5, 0.6) is 0 Å². The number of hydrogen-bond donors (Lipinski definition) is 0. The molecule has 0 fully saturated rings. The molecule has 1 aromatic heterocycles. The van der Waals surface area contributed by atoms with Crippen LogP contribution < -0.4 is 0 Å². The average Bonchev–Trinajstić information content (AvgIpc) is 3.27. The maximum absolute atomic E-state index is 14.8. The SMILES string of the molecule is CC(C)(C)OC(=O)C[C@@H](CCC[C@@H](c1cn(-c2cc(F)ccc2F)nc1Cc1ccccc1)C(C)(C)C)C(=O)OC(C)(C)C. The van der Waals surface area contributed by atoms with Gasteiger partial charge in [0.2, 0.25) is 0 Å². The molecule has 2 atom stereocenters. The van der Waals surface area contributed by atoms with E-state index in [4.69, 9.17) is 14.6 Å². The second-order valence-electron chi connectivity index (χ2n) is 14.6. The van der Waals surface area contributed by atoms with Gasteiger partial charge in [0.05, 0.1) is 18.0 Å². The zero-order valence-electron chi connectivity index (χ0n) is 27.7. The molecule has 240 valence electrons. The lowest BCUT2D eigenvalue weighted by Crippen LogP contribution is -2.32. The van der Waals surface area contributed by atoms with E-state index in [1.165, 1.54) is 4.68 Å². The van der Waals surface area contributed by atoms with E-state index in [2.05, 4.69) is 20.8 Å². The fourth-order valence-corrected chi connectivity index (χ4v) is 5.32. The Morgan fingerprint density at radius 3 is 2.09 bits per heavy atom. The number of rotatable bonds is 11. The van der Waals surface area contributed by atoms with E-state index in [9.17, 15) is 18.4 Å². The molecule has 0 aliphatic heterocycles. The molecular formula is C36H48F2N2O4. The van der Waals surface area contributed by atoms with Gasteiger partial charge in [-0.15, -0.1) is 0 Å². The third kappa shape index (κ3) is 10.6. The molecule has 0 amide bonds. The van der Waals surface area contributed by atoms with Gasteiger partial charge in [0, 0.05) is 18.7 Å². The van der Waals surface area contributed by atoms with Gasteiger partial charge in [0.25, 0.3) is 0 Å². The molecule has 0 aliphatic carbocycles. The standard InChI is InChI=1S/C36H48F2N2O4/c1-34(2,3)28(17-13-16-25(33(42)44-36(7,8)9)21-32(41)43-35(4,5)6)27-23-40(31-22-26(37)18-19-29(31)38)39-30(27)20-24-14-11-10-12-15-24/h10-12,14-15,18-19,22-23,25,28H,13,16-17,20-21H2,1-9H3/t25-,28+/m1/s1. The van der Waals surface area contributed by atoms with Crippen LogP contribution in [-0.2, 0) is 25.5 Å². The summed E-state index contributed by atoms with van der Waals surface area (Å²) < 4.78 is 41.6. The van der Waals surface area contributed by atoms with Gasteiger partial charge in [-0.2, -0.15) is 5.10 Å². The highest BCUT2D eigenvalue weighted by molar-refractivity contribution is 5.80. The predicted octanol–water partition coefficient (Wildman–Crippen LogP) is 8.73. The Kier molecular flexibility index (Phi) is 11.1. The quantitative estimate of drug-likeness (QED) is 0.203. The van der Waals surface area contributed by atoms with Gasteiger partial charge in [-0.3, -0.25) is 9.59 Å². The zero-order chi connectivity index (χ0) is 32.9. The molecular weight excluding hydrogens is 562 g/mol. The Bertz CT molecular complexity index is 1410. The molecule has 8 heteroatoms. The minimum atomic E-state index is -0.690. The lowest BCUT2D eigenvalue weighted by molar-refractivity contribution is -0.167. The molecule has 3 aromatic rings. The van der Waals surface area contributed by atoms with Crippen LogP contribution in [0.25, 0.3) is 5.69 Å². The molecule has 1 heterocycles. The highest BCUT2D eigenvalue weighted by atomic mass is 19.1. The van der Waals surface area contributed by atoms with Gasteiger partial charge in [-0.1, -0.05) is 57.5 Å². The van der Waals surface area contributed by atoms with E-state index in [1.54, 1.807) is 47.7 Å². The van der Waals surface area contributed by atoms with Crippen molar-refractivity contribution in [2.24, 2.45) is 11.3 Å². The van der Waals surface area contributed by atoms with Crippen LogP contribution in [0.2, 0.25) is 0 Å². The van der Waals surface area contributed by atoms with Crippen LogP contribution in [0.15, 0.2) is 54.7 Å². The molecule has 2 aromatic carbocycles. The van der Waals surface area contributed by atoms with E-state index in [-0.39, 0.29) is 23.4 Å². The number of nitrogens with zero attached hydrogens (tertiary/aromatic N) is 2. The first-order valence-electron chi connectivity index (χ1n) is 15.3. The maximum atomic E-state index is 14.8. The number of halogens is 2. The predicted molar refractivity (Wildman–Crippen MR) is 169 cm³/mol. The first kappa shape index (κ1) is 34.9. The Labute approximate surface area is 261 Å². The first-order valence-corrected chi connectivity index (χ1v) is 15.3. The van der Waals surface area contributed by atoms with Crippen molar-refractivity contribution >= 4 is 11.9 Å². The molecule has 0 unspecified atom stereocenters. The fourth-order valence-electron chi connectivity index (χ4n) is 5.32. The summed E-state index contributed by atoms with van der Waals surface area (Å²) in [7, 11) is 0. The van der Waals surface area contributed by atoms with Crippen LogP contribution in [0.1, 0.15) is 111 Å². The summed E-state index contributed by atoms with van der Waals surface area (Å²) in [5, 5.41) is 4.77. The number of esters is 2. The van der Waals surface area contributed by atoms with Crippen molar-refractivity contribution in [3.63, 3.8) is 0 Å². The van der Waals surface area contributed by atoms with Crippen molar-refractivity contribution in [1.82, 2.24) is 9.78 Å². The van der Waals surface area contributed by atoms with Crippen molar-refractivity contribution in [3.8, 4) is 5.69 Å². The van der Waals surface area contributed by atoms with Crippen molar-refractivity contribution in [1.29, 1.82) is 0 Å². The largest absolute Gasteiger partial charge is 0.460 e. The molecule has 0 radical (unpaired) electrons. The molecule has 0 saturated heterocycles. The van der Waals surface area contributed by atoms with Crippen LogP contribution in [0, 0.1) is 23.0 Å². The first-order chi connectivity index (χ1) is 20.3. The van der Waals surface area contributed by atoms with Gasteiger partial charge in [-0.25, -0.2) is 13.5 Å². The Morgan fingerprint density at radius 1 is 0.864 bits per heavy atom. The lowest BCUT2D eigenvalue weighted by atomic mass is 9.73. The number of ether oxygens (including phenoxy) is 2. The number of hydrogen-bond acceptors (Lipinski definition) is 5. The van der Waals surface area contributed by atoms with E-state index >= 15 is 0 Å². The smallest absolute Gasteiger partial charge is 0.310 e. The van der Waals surface area contributed by atoms with Gasteiger partial charge in [0.1, 0.15) is 28.5 Å². The monoisotopic (exact) mass is 610 g/mol. The normalized spacial score (nSPS) is 13.8.